The number of para-hydroxylation sites is 1. The molecule has 2 aromatic rings. The summed E-state index contributed by atoms with van der Waals surface area (Å²) in [7, 11) is -3.81. The van der Waals surface area contributed by atoms with E-state index in [0.717, 1.165) is 6.26 Å². The predicted molar refractivity (Wildman–Crippen MR) is 107 cm³/mol. The van der Waals surface area contributed by atoms with E-state index in [1.165, 1.54) is 29.2 Å². The minimum absolute atomic E-state index is 0.196. The standard InChI is InChI=1S/C19H19N3O7S/c1-12-17(29-30(2,25)26)28-19(24)22(12)14-10-8-13(9-11-14)16(20)21-18(23)27-15-6-4-3-5-7-15/h3-12,17H,1-2H3,(H2,20,21,23). The van der Waals surface area contributed by atoms with Crippen molar-refractivity contribution >= 4 is 33.8 Å². The highest BCUT2D eigenvalue weighted by Crippen LogP contribution is 2.28. The molecule has 0 bridgehead atoms. The summed E-state index contributed by atoms with van der Waals surface area (Å²) in [4.78, 5) is 25.3. The Labute approximate surface area is 173 Å². The van der Waals surface area contributed by atoms with Crippen molar-refractivity contribution in [2.45, 2.75) is 19.3 Å². The number of rotatable bonds is 5. The molecule has 3 rings (SSSR count). The number of cyclic esters (lactones) is 1. The van der Waals surface area contributed by atoms with Gasteiger partial charge in [-0.1, -0.05) is 18.2 Å². The molecule has 1 fully saturated rings. The predicted octanol–water partition coefficient (Wildman–Crippen LogP) is 2.45. The molecule has 1 heterocycles. The molecule has 1 aliphatic rings. The molecular formula is C19H19N3O7S. The highest BCUT2D eigenvalue weighted by atomic mass is 32.2. The average molecular weight is 433 g/mol. The molecule has 158 valence electrons. The molecule has 30 heavy (non-hydrogen) atoms. The number of carbonyl (C=O) groups excluding carboxylic acids is 2. The first-order chi connectivity index (χ1) is 14.1. The molecule has 0 saturated carbocycles. The molecule has 1 saturated heterocycles. The average Bonchev–Trinajstić information content (AvgIpc) is 2.94. The summed E-state index contributed by atoms with van der Waals surface area (Å²) < 4.78 is 37.4. The Bertz CT molecular complexity index is 1060. The third-order valence-electron chi connectivity index (χ3n) is 4.10. The summed E-state index contributed by atoms with van der Waals surface area (Å²) in [6.45, 7) is 1.58. The Kier molecular flexibility index (Phi) is 6.04. The third kappa shape index (κ3) is 5.13. The number of benzene rings is 2. The van der Waals surface area contributed by atoms with Gasteiger partial charge in [0.1, 0.15) is 17.6 Å². The first-order valence-electron chi connectivity index (χ1n) is 8.75. The smallest absolute Gasteiger partial charge is 0.416 e. The van der Waals surface area contributed by atoms with Crippen molar-refractivity contribution in [2.75, 3.05) is 11.2 Å². The van der Waals surface area contributed by atoms with E-state index < -0.39 is 34.6 Å². The van der Waals surface area contributed by atoms with Crippen LogP contribution < -0.4 is 15.0 Å². The van der Waals surface area contributed by atoms with Crippen molar-refractivity contribution in [1.82, 2.24) is 5.32 Å². The lowest BCUT2D eigenvalue weighted by Gasteiger charge is -2.20. The van der Waals surface area contributed by atoms with Gasteiger partial charge in [-0.25, -0.2) is 13.8 Å². The number of amides is 2. The molecule has 2 N–H and O–H groups in total. The van der Waals surface area contributed by atoms with Gasteiger partial charge in [0.15, 0.2) is 0 Å². The zero-order chi connectivity index (χ0) is 21.9. The lowest BCUT2D eigenvalue weighted by Crippen LogP contribution is -2.36. The van der Waals surface area contributed by atoms with Crippen LogP contribution in [0.3, 0.4) is 0 Å². The van der Waals surface area contributed by atoms with Crippen molar-refractivity contribution in [3.63, 3.8) is 0 Å². The number of hydrogen-bond donors (Lipinski definition) is 2. The quantitative estimate of drug-likeness (QED) is 0.420. The largest absolute Gasteiger partial charge is 0.418 e. The zero-order valence-corrected chi connectivity index (χ0v) is 16.9. The van der Waals surface area contributed by atoms with Gasteiger partial charge in [0, 0.05) is 11.3 Å². The van der Waals surface area contributed by atoms with Gasteiger partial charge in [-0.3, -0.25) is 15.6 Å². The molecule has 0 aliphatic carbocycles. The second kappa shape index (κ2) is 8.51. The van der Waals surface area contributed by atoms with Gasteiger partial charge in [0.05, 0.1) is 6.26 Å². The molecular weight excluding hydrogens is 414 g/mol. The summed E-state index contributed by atoms with van der Waals surface area (Å²) in [5.41, 5.74) is 0.781. The van der Waals surface area contributed by atoms with Crippen LogP contribution in [0.5, 0.6) is 5.75 Å². The summed E-state index contributed by atoms with van der Waals surface area (Å²) >= 11 is 0. The maximum atomic E-state index is 12.1. The SMILES string of the molecule is CC1C(OS(C)(=O)=O)OC(=O)N1c1ccc(C(=N)NC(=O)Oc2ccccc2)cc1. The van der Waals surface area contributed by atoms with Crippen LogP contribution >= 0.6 is 0 Å². The van der Waals surface area contributed by atoms with Gasteiger partial charge < -0.3 is 9.47 Å². The molecule has 2 atom stereocenters. The van der Waals surface area contributed by atoms with Crippen LogP contribution in [-0.4, -0.2) is 45.0 Å². The van der Waals surface area contributed by atoms with E-state index in [4.69, 9.17) is 19.1 Å². The van der Waals surface area contributed by atoms with Crippen LogP contribution in [0.1, 0.15) is 12.5 Å². The van der Waals surface area contributed by atoms with Crippen molar-refractivity contribution in [2.24, 2.45) is 0 Å². The molecule has 2 amide bonds. The Hall–Kier alpha value is -3.44. The van der Waals surface area contributed by atoms with E-state index in [1.54, 1.807) is 37.3 Å². The van der Waals surface area contributed by atoms with Gasteiger partial charge in [-0.05, 0) is 43.3 Å². The number of amidine groups is 1. The Morgan fingerprint density at radius 2 is 1.77 bits per heavy atom. The topological polar surface area (TPSA) is 135 Å². The normalized spacial score (nSPS) is 18.6. The molecule has 2 unspecified atom stereocenters. The van der Waals surface area contributed by atoms with Crippen LogP contribution in [0.25, 0.3) is 0 Å². The van der Waals surface area contributed by atoms with Crippen LogP contribution in [0.4, 0.5) is 15.3 Å². The maximum Gasteiger partial charge on any atom is 0.418 e. The Morgan fingerprint density at radius 3 is 2.37 bits per heavy atom. The summed E-state index contributed by atoms with van der Waals surface area (Å²) in [6, 6.07) is 13.8. The Morgan fingerprint density at radius 1 is 1.13 bits per heavy atom. The first kappa shape index (κ1) is 21.3. The molecule has 0 spiro atoms. The van der Waals surface area contributed by atoms with E-state index >= 15 is 0 Å². The molecule has 1 aliphatic heterocycles. The lowest BCUT2D eigenvalue weighted by molar-refractivity contribution is -0.00471. The van der Waals surface area contributed by atoms with Gasteiger partial charge >= 0.3 is 12.2 Å². The van der Waals surface area contributed by atoms with Crippen LogP contribution in [-0.2, 0) is 19.0 Å². The number of ether oxygens (including phenoxy) is 2. The highest BCUT2D eigenvalue weighted by Gasteiger charge is 2.42. The first-order valence-corrected chi connectivity index (χ1v) is 10.6. The molecule has 10 nitrogen and oxygen atoms in total. The molecule has 11 heteroatoms. The van der Waals surface area contributed by atoms with Gasteiger partial charge in [-0.2, -0.15) is 8.42 Å². The number of anilines is 1. The van der Waals surface area contributed by atoms with E-state index in [2.05, 4.69) is 5.32 Å². The van der Waals surface area contributed by atoms with Gasteiger partial charge in [0.25, 0.3) is 10.1 Å². The fourth-order valence-corrected chi connectivity index (χ4v) is 3.28. The van der Waals surface area contributed by atoms with Crippen molar-refractivity contribution in [3.8, 4) is 5.75 Å². The second-order valence-corrected chi connectivity index (χ2v) is 8.01. The minimum Gasteiger partial charge on any atom is -0.416 e. The summed E-state index contributed by atoms with van der Waals surface area (Å²) in [5, 5.41) is 10.3. The third-order valence-corrected chi connectivity index (χ3v) is 4.64. The van der Waals surface area contributed by atoms with Gasteiger partial charge in [-0.15, -0.1) is 0 Å². The summed E-state index contributed by atoms with van der Waals surface area (Å²) in [5.74, 6) is 0.142. The van der Waals surface area contributed by atoms with E-state index in [0.29, 0.717) is 17.0 Å². The fraction of sp³-hybridized carbons (Fsp3) is 0.211. The number of nitrogens with one attached hydrogen (secondary N) is 2. The zero-order valence-electron chi connectivity index (χ0n) is 16.1. The molecule has 0 aromatic heterocycles. The summed E-state index contributed by atoms with van der Waals surface area (Å²) in [6.07, 6.45) is -1.97. The number of carbonyl (C=O) groups is 2. The molecule has 0 radical (unpaired) electrons. The van der Waals surface area contributed by atoms with Crippen LogP contribution in [0, 0.1) is 5.41 Å². The van der Waals surface area contributed by atoms with Crippen molar-refractivity contribution in [1.29, 1.82) is 5.41 Å². The van der Waals surface area contributed by atoms with Crippen molar-refractivity contribution in [3.05, 3.63) is 60.2 Å². The molecule has 2 aromatic carbocycles. The maximum absolute atomic E-state index is 12.1. The Balaban J connectivity index is 1.65. The lowest BCUT2D eigenvalue weighted by atomic mass is 10.1. The number of nitrogens with zero attached hydrogens (tertiary/aromatic N) is 1. The number of hydrogen-bond acceptors (Lipinski definition) is 8. The second-order valence-electron chi connectivity index (χ2n) is 6.41. The highest BCUT2D eigenvalue weighted by molar-refractivity contribution is 7.86. The van der Waals surface area contributed by atoms with Gasteiger partial charge in [0.2, 0.25) is 6.29 Å². The van der Waals surface area contributed by atoms with E-state index in [1.807, 2.05) is 0 Å². The van der Waals surface area contributed by atoms with E-state index in [9.17, 15) is 18.0 Å². The van der Waals surface area contributed by atoms with Crippen LogP contribution in [0.15, 0.2) is 54.6 Å². The fourth-order valence-electron chi connectivity index (χ4n) is 2.74. The van der Waals surface area contributed by atoms with Crippen molar-refractivity contribution < 1.29 is 31.7 Å². The minimum atomic E-state index is -3.81. The van der Waals surface area contributed by atoms with Crippen LogP contribution in [0.2, 0.25) is 0 Å². The van der Waals surface area contributed by atoms with E-state index in [-0.39, 0.29) is 5.84 Å². The monoisotopic (exact) mass is 433 g/mol.